The zero-order valence-electron chi connectivity index (χ0n) is 15.5. The predicted octanol–water partition coefficient (Wildman–Crippen LogP) is 2.14. The molecule has 0 aliphatic carbocycles. The van der Waals surface area contributed by atoms with Crippen molar-refractivity contribution in [3.05, 3.63) is 45.8 Å². The third-order valence-electron chi connectivity index (χ3n) is 4.18. The van der Waals surface area contributed by atoms with Gasteiger partial charge in [0.15, 0.2) is 11.6 Å². The second-order valence-electron chi connectivity index (χ2n) is 6.07. The summed E-state index contributed by atoms with van der Waals surface area (Å²) in [5.41, 5.74) is 2.02. The highest BCUT2D eigenvalue weighted by atomic mass is 32.1. The van der Waals surface area contributed by atoms with Crippen LogP contribution in [-0.2, 0) is 12.8 Å². The number of hydrogen-bond donors (Lipinski definition) is 2. The molecule has 3 aromatic rings. The third-order valence-corrected chi connectivity index (χ3v) is 5.31. The van der Waals surface area contributed by atoms with Crippen LogP contribution in [0.5, 0.6) is 0 Å². The number of fused-ring (bicyclic) bond motifs is 1. The summed E-state index contributed by atoms with van der Waals surface area (Å²) in [5.74, 6) is 1.81. The van der Waals surface area contributed by atoms with Crippen molar-refractivity contribution < 1.29 is 0 Å². The smallest absolute Gasteiger partial charge is 0.190 e. The molecule has 0 aliphatic heterocycles. The van der Waals surface area contributed by atoms with Gasteiger partial charge < -0.3 is 10.6 Å². The molecule has 0 aromatic carbocycles. The molecule has 0 atom stereocenters. The number of aryl methyl sites for hydroxylation is 3. The number of nitrogens with one attached hydrogen (secondary N) is 2. The molecule has 3 rings (SSSR count). The fraction of sp³-hybridized carbons (Fsp3) is 0.444. The Kier molecular flexibility index (Phi) is 6.17. The first-order valence-corrected chi connectivity index (χ1v) is 9.65. The van der Waals surface area contributed by atoms with Crippen LogP contribution in [0.1, 0.15) is 27.8 Å². The van der Waals surface area contributed by atoms with Crippen LogP contribution in [0, 0.1) is 13.8 Å². The summed E-state index contributed by atoms with van der Waals surface area (Å²) in [6.45, 7) is 5.82. The summed E-state index contributed by atoms with van der Waals surface area (Å²) < 4.78 is 2.03. The van der Waals surface area contributed by atoms with Crippen LogP contribution in [0.2, 0.25) is 0 Å². The zero-order chi connectivity index (χ0) is 18.4. The zero-order valence-corrected chi connectivity index (χ0v) is 16.3. The molecule has 3 heterocycles. The van der Waals surface area contributed by atoms with Crippen molar-refractivity contribution in [1.82, 2.24) is 30.2 Å². The van der Waals surface area contributed by atoms with Crippen LogP contribution < -0.4 is 10.6 Å². The van der Waals surface area contributed by atoms with Gasteiger partial charge in [0.25, 0.3) is 0 Å². The second kappa shape index (κ2) is 8.75. The topological polar surface area (TPSA) is 79.5 Å². The van der Waals surface area contributed by atoms with E-state index in [0.717, 1.165) is 55.5 Å². The van der Waals surface area contributed by atoms with E-state index in [1.807, 2.05) is 28.8 Å². The van der Waals surface area contributed by atoms with Crippen molar-refractivity contribution in [3.8, 4) is 0 Å². The van der Waals surface area contributed by atoms with E-state index in [2.05, 4.69) is 44.7 Å². The van der Waals surface area contributed by atoms with Gasteiger partial charge in [0.05, 0.1) is 10.7 Å². The first kappa shape index (κ1) is 18.3. The van der Waals surface area contributed by atoms with E-state index in [1.54, 1.807) is 18.4 Å². The lowest BCUT2D eigenvalue weighted by Crippen LogP contribution is -2.38. The van der Waals surface area contributed by atoms with Gasteiger partial charge in [-0.05, 0) is 32.4 Å². The van der Waals surface area contributed by atoms with Crippen LogP contribution >= 0.6 is 11.3 Å². The van der Waals surface area contributed by atoms with E-state index in [0.29, 0.717) is 0 Å². The van der Waals surface area contributed by atoms with Gasteiger partial charge in [0, 0.05) is 44.1 Å². The Morgan fingerprint density at radius 3 is 2.77 bits per heavy atom. The fourth-order valence-corrected chi connectivity index (χ4v) is 3.60. The van der Waals surface area contributed by atoms with Crippen molar-refractivity contribution >= 4 is 22.9 Å². The molecule has 0 saturated carbocycles. The van der Waals surface area contributed by atoms with Gasteiger partial charge >= 0.3 is 0 Å². The highest BCUT2D eigenvalue weighted by molar-refractivity contribution is 7.11. The summed E-state index contributed by atoms with van der Waals surface area (Å²) in [5, 5.41) is 16.3. The predicted molar refractivity (Wildman–Crippen MR) is 106 cm³/mol. The highest BCUT2D eigenvalue weighted by Crippen LogP contribution is 2.16. The fourth-order valence-electron chi connectivity index (χ4n) is 2.67. The molecule has 138 valence electrons. The number of aromatic nitrogens is 4. The molecule has 0 bridgehead atoms. The van der Waals surface area contributed by atoms with Crippen LogP contribution in [-0.4, -0.2) is 45.7 Å². The molecule has 0 spiro atoms. The van der Waals surface area contributed by atoms with Crippen molar-refractivity contribution in [2.24, 2.45) is 4.99 Å². The standard InChI is InChI=1S/C18H25N7S/c1-13-14(2)26-17(22-13)9-11-21-18(19-3)20-10-6-8-16-24-23-15-7-4-5-12-25(15)16/h4-5,7,12H,6,8-11H2,1-3H3,(H2,19,20,21). The van der Waals surface area contributed by atoms with Crippen molar-refractivity contribution in [1.29, 1.82) is 0 Å². The van der Waals surface area contributed by atoms with Crippen molar-refractivity contribution in [2.45, 2.75) is 33.1 Å². The molecular formula is C18H25N7S. The highest BCUT2D eigenvalue weighted by Gasteiger charge is 2.06. The van der Waals surface area contributed by atoms with Gasteiger partial charge in [0.2, 0.25) is 0 Å². The monoisotopic (exact) mass is 371 g/mol. The van der Waals surface area contributed by atoms with Crippen molar-refractivity contribution in [3.63, 3.8) is 0 Å². The number of nitrogens with zero attached hydrogens (tertiary/aromatic N) is 5. The lowest BCUT2D eigenvalue weighted by Gasteiger charge is -2.11. The van der Waals surface area contributed by atoms with E-state index in [4.69, 9.17) is 0 Å². The third kappa shape index (κ3) is 4.57. The first-order chi connectivity index (χ1) is 12.7. The molecule has 0 aliphatic rings. The van der Waals surface area contributed by atoms with E-state index in [-0.39, 0.29) is 0 Å². The lowest BCUT2D eigenvalue weighted by atomic mass is 10.3. The minimum absolute atomic E-state index is 0.820. The molecule has 26 heavy (non-hydrogen) atoms. The average molecular weight is 372 g/mol. The summed E-state index contributed by atoms with van der Waals surface area (Å²) in [6, 6.07) is 5.93. The second-order valence-corrected chi connectivity index (χ2v) is 7.36. The number of aliphatic imine (C=N–C) groups is 1. The Hall–Kier alpha value is -2.48. The van der Waals surface area contributed by atoms with Crippen LogP contribution in [0.15, 0.2) is 29.4 Å². The number of guanidine groups is 1. The minimum atomic E-state index is 0.820. The number of pyridine rings is 1. The number of rotatable bonds is 7. The lowest BCUT2D eigenvalue weighted by molar-refractivity contribution is 0.712. The van der Waals surface area contributed by atoms with Gasteiger partial charge in [-0.25, -0.2) is 4.98 Å². The van der Waals surface area contributed by atoms with Crippen LogP contribution in [0.4, 0.5) is 0 Å². The summed E-state index contributed by atoms with van der Waals surface area (Å²) >= 11 is 1.77. The van der Waals surface area contributed by atoms with E-state index in [1.165, 1.54) is 9.88 Å². The maximum Gasteiger partial charge on any atom is 0.190 e. The Labute approximate surface area is 157 Å². The Morgan fingerprint density at radius 2 is 2.00 bits per heavy atom. The first-order valence-electron chi connectivity index (χ1n) is 8.83. The molecule has 3 aromatic heterocycles. The summed E-state index contributed by atoms with van der Waals surface area (Å²) in [7, 11) is 1.79. The normalized spacial score (nSPS) is 11.9. The Bertz CT molecular complexity index is 861. The SMILES string of the molecule is CN=C(NCCCc1nnc2ccccn12)NCCc1nc(C)c(C)s1. The van der Waals surface area contributed by atoms with E-state index < -0.39 is 0 Å². The molecule has 0 unspecified atom stereocenters. The molecule has 0 radical (unpaired) electrons. The minimum Gasteiger partial charge on any atom is -0.356 e. The van der Waals surface area contributed by atoms with E-state index >= 15 is 0 Å². The average Bonchev–Trinajstić information content (AvgIpc) is 3.20. The Morgan fingerprint density at radius 1 is 1.15 bits per heavy atom. The molecule has 0 fully saturated rings. The summed E-state index contributed by atoms with van der Waals surface area (Å²) in [4.78, 5) is 10.1. The van der Waals surface area contributed by atoms with E-state index in [9.17, 15) is 0 Å². The number of thiazole rings is 1. The molecule has 7 nitrogen and oxygen atoms in total. The van der Waals surface area contributed by atoms with Gasteiger partial charge in [0.1, 0.15) is 5.82 Å². The summed E-state index contributed by atoms with van der Waals surface area (Å²) in [6.07, 6.45) is 4.74. The van der Waals surface area contributed by atoms with Gasteiger partial charge in [-0.1, -0.05) is 6.07 Å². The molecule has 0 amide bonds. The quantitative estimate of drug-likeness (QED) is 0.378. The maximum atomic E-state index is 4.56. The van der Waals surface area contributed by atoms with Crippen LogP contribution in [0.25, 0.3) is 5.65 Å². The molecule has 2 N–H and O–H groups in total. The molecule has 0 saturated heterocycles. The molecular weight excluding hydrogens is 346 g/mol. The van der Waals surface area contributed by atoms with Gasteiger partial charge in [-0.3, -0.25) is 9.39 Å². The largest absolute Gasteiger partial charge is 0.356 e. The van der Waals surface area contributed by atoms with Gasteiger partial charge in [-0.2, -0.15) is 0 Å². The Balaban J connectivity index is 1.39. The molecule has 8 heteroatoms. The number of hydrogen-bond acceptors (Lipinski definition) is 5. The maximum absolute atomic E-state index is 4.56. The van der Waals surface area contributed by atoms with Gasteiger partial charge in [-0.15, -0.1) is 21.5 Å². The van der Waals surface area contributed by atoms with Crippen molar-refractivity contribution in [2.75, 3.05) is 20.1 Å². The van der Waals surface area contributed by atoms with Crippen LogP contribution in [0.3, 0.4) is 0 Å².